The summed E-state index contributed by atoms with van der Waals surface area (Å²) in [6.07, 6.45) is 1.43. The highest BCUT2D eigenvalue weighted by atomic mass is 79.9. The monoisotopic (exact) mass is 292 g/mol. The molecule has 0 atom stereocenters. The van der Waals surface area contributed by atoms with Crippen LogP contribution in [0.3, 0.4) is 0 Å². The molecule has 0 saturated carbocycles. The van der Waals surface area contributed by atoms with Crippen molar-refractivity contribution in [2.45, 2.75) is 6.54 Å². The first kappa shape index (κ1) is 10.5. The van der Waals surface area contributed by atoms with Gasteiger partial charge in [-0.1, -0.05) is 6.07 Å². The maximum atomic E-state index is 5.67. The summed E-state index contributed by atoms with van der Waals surface area (Å²) in [6.45, 7) is 0.405. The Morgan fingerprint density at radius 1 is 1.41 bits per heavy atom. The molecule has 6 heteroatoms. The van der Waals surface area contributed by atoms with E-state index in [1.165, 1.54) is 6.39 Å². The van der Waals surface area contributed by atoms with Crippen LogP contribution in [0, 0.1) is 0 Å². The Hall–Kier alpha value is -1.66. The SMILES string of the molecule is NCc1[nH]c(Br)nc1-c1ccc2ncoc2c1. The van der Waals surface area contributed by atoms with Crippen molar-refractivity contribution >= 4 is 27.0 Å². The fourth-order valence-corrected chi connectivity index (χ4v) is 2.18. The van der Waals surface area contributed by atoms with E-state index >= 15 is 0 Å². The lowest BCUT2D eigenvalue weighted by molar-refractivity contribution is 0.602. The number of nitrogens with one attached hydrogen (secondary N) is 1. The van der Waals surface area contributed by atoms with Gasteiger partial charge >= 0.3 is 0 Å². The van der Waals surface area contributed by atoms with Crippen molar-refractivity contribution in [2.24, 2.45) is 5.73 Å². The number of H-pyrrole nitrogens is 1. The predicted octanol–water partition coefficient (Wildman–Crippen LogP) is 2.44. The zero-order chi connectivity index (χ0) is 11.8. The van der Waals surface area contributed by atoms with Gasteiger partial charge in [-0.3, -0.25) is 0 Å². The Kier molecular flexibility index (Phi) is 2.45. The number of oxazole rings is 1. The van der Waals surface area contributed by atoms with Crippen LogP contribution in [0.5, 0.6) is 0 Å². The van der Waals surface area contributed by atoms with Crippen molar-refractivity contribution in [3.8, 4) is 11.3 Å². The number of aromatic amines is 1. The Morgan fingerprint density at radius 3 is 3.12 bits per heavy atom. The Morgan fingerprint density at radius 2 is 2.29 bits per heavy atom. The minimum absolute atomic E-state index is 0.405. The van der Waals surface area contributed by atoms with Crippen molar-refractivity contribution in [3.05, 3.63) is 35.0 Å². The molecule has 2 aromatic heterocycles. The van der Waals surface area contributed by atoms with Crippen LogP contribution in [-0.2, 0) is 6.54 Å². The first-order valence-corrected chi connectivity index (χ1v) is 5.85. The molecule has 5 nitrogen and oxygen atoms in total. The molecule has 0 aliphatic rings. The Balaban J connectivity index is 2.18. The third kappa shape index (κ3) is 1.75. The van der Waals surface area contributed by atoms with E-state index in [-0.39, 0.29) is 0 Å². The molecule has 3 rings (SSSR count). The predicted molar refractivity (Wildman–Crippen MR) is 67.2 cm³/mol. The summed E-state index contributed by atoms with van der Waals surface area (Å²) in [4.78, 5) is 11.5. The molecular formula is C11H9BrN4O. The summed E-state index contributed by atoms with van der Waals surface area (Å²) in [6, 6.07) is 5.76. The van der Waals surface area contributed by atoms with Crippen molar-refractivity contribution < 1.29 is 4.42 Å². The molecule has 0 aliphatic carbocycles. The summed E-state index contributed by atoms with van der Waals surface area (Å²) in [5.41, 5.74) is 9.91. The molecule has 2 heterocycles. The number of rotatable bonds is 2. The van der Waals surface area contributed by atoms with Crippen LogP contribution in [-0.4, -0.2) is 15.0 Å². The van der Waals surface area contributed by atoms with E-state index < -0.39 is 0 Å². The maximum absolute atomic E-state index is 5.67. The average molecular weight is 293 g/mol. The van der Waals surface area contributed by atoms with Crippen LogP contribution in [0.15, 0.2) is 33.7 Å². The summed E-state index contributed by atoms with van der Waals surface area (Å²) in [5.74, 6) is 0. The highest BCUT2D eigenvalue weighted by Gasteiger charge is 2.11. The maximum Gasteiger partial charge on any atom is 0.181 e. The van der Waals surface area contributed by atoms with Crippen LogP contribution in [0.4, 0.5) is 0 Å². The number of aromatic nitrogens is 3. The lowest BCUT2D eigenvalue weighted by Crippen LogP contribution is -1.98. The van der Waals surface area contributed by atoms with Gasteiger partial charge in [-0.2, -0.15) is 0 Å². The molecule has 86 valence electrons. The molecule has 0 saturated heterocycles. The number of halogens is 1. The Bertz CT molecular complexity index is 673. The fraction of sp³-hybridized carbons (Fsp3) is 0.0909. The largest absolute Gasteiger partial charge is 0.443 e. The number of hydrogen-bond donors (Lipinski definition) is 2. The topological polar surface area (TPSA) is 80.7 Å². The number of benzene rings is 1. The van der Waals surface area contributed by atoms with E-state index in [1.807, 2.05) is 18.2 Å². The smallest absolute Gasteiger partial charge is 0.181 e. The minimum Gasteiger partial charge on any atom is -0.443 e. The van der Waals surface area contributed by atoms with Crippen LogP contribution < -0.4 is 5.73 Å². The lowest BCUT2D eigenvalue weighted by atomic mass is 10.1. The van der Waals surface area contributed by atoms with Crippen molar-refractivity contribution in [3.63, 3.8) is 0 Å². The highest BCUT2D eigenvalue weighted by molar-refractivity contribution is 9.10. The third-order valence-corrected chi connectivity index (χ3v) is 2.93. The van der Waals surface area contributed by atoms with Gasteiger partial charge in [0.05, 0.1) is 11.4 Å². The normalized spacial score (nSPS) is 11.2. The molecule has 0 unspecified atom stereocenters. The second-order valence-electron chi connectivity index (χ2n) is 3.59. The molecule has 0 bridgehead atoms. The molecule has 0 aliphatic heterocycles. The van der Waals surface area contributed by atoms with Crippen LogP contribution in [0.2, 0.25) is 0 Å². The van der Waals surface area contributed by atoms with Gasteiger partial charge in [0.25, 0.3) is 0 Å². The molecule has 0 amide bonds. The second-order valence-corrected chi connectivity index (χ2v) is 4.34. The first-order valence-electron chi connectivity index (χ1n) is 5.06. The van der Waals surface area contributed by atoms with Gasteiger partial charge in [0, 0.05) is 12.1 Å². The molecular weight excluding hydrogens is 284 g/mol. The lowest BCUT2D eigenvalue weighted by Gasteiger charge is -1.99. The molecule has 0 fully saturated rings. The number of imidazole rings is 1. The van der Waals surface area contributed by atoms with Crippen molar-refractivity contribution in [2.75, 3.05) is 0 Å². The van der Waals surface area contributed by atoms with Crippen molar-refractivity contribution in [1.82, 2.24) is 15.0 Å². The zero-order valence-corrected chi connectivity index (χ0v) is 10.4. The number of hydrogen-bond acceptors (Lipinski definition) is 4. The fourth-order valence-electron chi connectivity index (χ4n) is 1.77. The molecule has 17 heavy (non-hydrogen) atoms. The van der Waals surface area contributed by atoms with E-state index in [1.54, 1.807) is 0 Å². The average Bonchev–Trinajstić information content (AvgIpc) is 2.93. The van der Waals surface area contributed by atoms with E-state index in [9.17, 15) is 0 Å². The number of nitrogens with zero attached hydrogens (tertiary/aromatic N) is 2. The molecule has 0 spiro atoms. The van der Waals surface area contributed by atoms with Gasteiger partial charge in [0.1, 0.15) is 5.52 Å². The second kappa shape index (κ2) is 3.97. The quantitative estimate of drug-likeness (QED) is 0.760. The van der Waals surface area contributed by atoms with Gasteiger partial charge in [-0.15, -0.1) is 0 Å². The standard InChI is InChI=1S/C11H9BrN4O/c12-11-15-8(4-13)10(16-11)6-1-2-7-9(3-6)17-5-14-7/h1-3,5H,4,13H2,(H,15,16). The number of fused-ring (bicyclic) bond motifs is 1. The Labute approximate surface area is 105 Å². The van der Waals surface area contributed by atoms with E-state index in [4.69, 9.17) is 10.2 Å². The van der Waals surface area contributed by atoms with E-state index in [0.29, 0.717) is 11.3 Å². The van der Waals surface area contributed by atoms with Crippen molar-refractivity contribution in [1.29, 1.82) is 0 Å². The van der Waals surface area contributed by atoms with Crippen LogP contribution in [0.25, 0.3) is 22.4 Å². The summed E-state index contributed by atoms with van der Waals surface area (Å²) >= 11 is 3.31. The van der Waals surface area contributed by atoms with Crippen LogP contribution >= 0.6 is 15.9 Å². The van der Waals surface area contributed by atoms with E-state index in [2.05, 4.69) is 30.9 Å². The third-order valence-electron chi connectivity index (χ3n) is 2.56. The summed E-state index contributed by atoms with van der Waals surface area (Å²) < 4.78 is 5.94. The zero-order valence-electron chi connectivity index (χ0n) is 8.77. The van der Waals surface area contributed by atoms with Gasteiger partial charge in [-0.25, -0.2) is 9.97 Å². The molecule has 3 aromatic rings. The molecule has 0 radical (unpaired) electrons. The van der Waals surface area contributed by atoms with Gasteiger partial charge in [-0.05, 0) is 28.1 Å². The van der Waals surface area contributed by atoms with Gasteiger partial charge in [0.2, 0.25) is 0 Å². The van der Waals surface area contributed by atoms with Gasteiger partial charge in [0.15, 0.2) is 16.7 Å². The summed E-state index contributed by atoms with van der Waals surface area (Å²) in [5, 5.41) is 0. The number of nitrogens with two attached hydrogens (primary N) is 1. The minimum atomic E-state index is 0.405. The first-order chi connectivity index (χ1) is 8.28. The summed E-state index contributed by atoms with van der Waals surface area (Å²) in [7, 11) is 0. The van der Waals surface area contributed by atoms with Gasteiger partial charge < -0.3 is 15.1 Å². The van der Waals surface area contributed by atoms with E-state index in [0.717, 1.165) is 28.1 Å². The molecule has 1 aromatic carbocycles. The van der Waals surface area contributed by atoms with Crippen LogP contribution in [0.1, 0.15) is 5.69 Å². The highest BCUT2D eigenvalue weighted by Crippen LogP contribution is 2.26. The molecule has 3 N–H and O–H groups in total.